The number of rotatable bonds is 4. The van der Waals surface area contributed by atoms with Crippen LogP contribution in [-0.2, 0) is 28.1 Å². The van der Waals surface area contributed by atoms with Gasteiger partial charge >= 0.3 is 0 Å². The largest absolute Gasteiger partial charge is 0.339 e. The number of piperazine rings is 1. The van der Waals surface area contributed by atoms with Crippen molar-refractivity contribution in [3.8, 4) is 0 Å². The second-order valence-corrected chi connectivity index (χ2v) is 10.7. The molecule has 3 amide bonds. The van der Waals surface area contributed by atoms with Gasteiger partial charge < -0.3 is 19.3 Å². The van der Waals surface area contributed by atoms with Crippen LogP contribution in [0.3, 0.4) is 0 Å². The van der Waals surface area contributed by atoms with Gasteiger partial charge in [0.05, 0.1) is 17.8 Å². The number of hydrogen-bond acceptors (Lipinski definition) is 5. The van der Waals surface area contributed by atoms with Gasteiger partial charge in [-0.3, -0.25) is 19.2 Å². The van der Waals surface area contributed by atoms with Crippen LogP contribution in [0.4, 0.5) is 0 Å². The van der Waals surface area contributed by atoms with Crippen molar-refractivity contribution in [2.45, 2.75) is 60.0 Å². The lowest BCUT2D eigenvalue weighted by Gasteiger charge is -2.34. The van der Waals surface area contributed by atoms with E-state index in [0.717, 1.165) is 5.69 Å². The standard InChI is InChI=1S/C24H34N6O4/c1-15(2)12-28-13-17-21(23(28)34)29(14-20(32)27-9-7-26(8-10-27)16(3)31)19-11-18(24(4,5)6)25-30(19)22(17)33/h11,15H,7-10,12-14H2,1-6H3. The number of carbonyl (C=O) groups excluding carboxylic acids is 3. The number of hydrogen-bond donors (Lipinski definition) is 0. The maximum absolute atomic E-state index is 13.4. The van der Waals surface area contributed by atoms with Gasteiger partial charge in [0.25, 0.3) is 11.5 Å². The Hall–Kier alpha value is -3.17. The van der Waals surface area contributed by atoms with Crippen molar-refractivity contribution < 1.29 is 14.4 Å². The Labute approximate surface area is 199 Å². The van der Waals surface area contributed by atoms with Crippen LogP contribution in [0.2, 0.25) is 0 Å². The van der Waals surface area contributed by atoms with E-state index in [2.05, 4.69) is 5.10 Å². The minimum Gasteiger partial charge on any atom is -0.339 e. The zero-order valence-electron chi connectivity index (χ0n) is 20.9. The number of carbonyl (C=O) groups is 3. The first-order valence-corrected chi connectivity index (χ1v) is 11.9. The molecule has 0 N–H and O–H groups in total. The summed E-state index contributed by atoms with van der Waals surface area (Å²) >= 11 is 0. The number of nitrogens with zero attached hydrogens (tertiary/aromatic N) is 6. The van der Waals surface area contributed by atoms with E-state index in [1.807, 2.05) is 34.6 Å². The monoisotopic (exact) mass is 470 g/mol. The molecule has 2 aliphatic rings. The molecule has 1 saturated heterocycles. The van der Waals surface area contributed by atoms with Crippen molar-refractivity contribution in [1.29, 1.82) is 0 Å². The molecule has 0 aliphatic carbocycles. The minimum absolute atomic E-state index is 0.00292. The molecular formula is C24H34N6O4. The van der Waals surface area contributed by atoms with Gasteiger partial charge in [0, 0.05) is 51.1 Å². The number of aromatic nitrogens is 3. The minimum atomic E-state index is -0.307. The zero-order chi connectivity index (χ0) is 24.9. The van der Waals surface area contributed by atoms with Gasteiger partial charge in [-0.2, -0.15) is 9.61 Å². The van der Waals surface area contributed by atoms with Gasteiger partial charge in [-0.15, -0.1) is 0 Å². The highest BCUT2D eigenvalue weighted by atomic mass is 16.2. The summed E-state index contributed by atoms with van der Waals surface area (Å²) in [5.41, 5.74) is 1.23. The average Bonchev–Trinajstić information content (AvgIpc) is 3.34. The average molecular weight is 471 g/mol. The predicted molar refractivity (Wildman–Crippen MR) is 127 cm³/mol. The van der Waals surface area contributed by atoms with E-state index in [0.29, 0.717) is 43.9 Å². The Bertz CT molecular complexity index is 1210. The fourth-order valence-corrected chi connectivity index (χ4v) is 4.64. The quantitative estimate of drug-likeness (QED) is 0.666. The summed E-state index contributed by atoms with van der Waals surface area (Å²) in [7, 11) is 0. The summed E-state index contributed by atoms with van der Waals surface area (Å²) in [5.74, 6) is -0.130. The Balaban J connectivity index is 1.76. The van der Waals surface area contributed by atoms with Crippen LogP contribution in [0.25, 0.3) is 5.65 Å². The Morgan fingerprint density at radius 3 is 2.24 bits per heavy atom. The van der Waals surface area contributed by atoms with E-state index in [9.17, 15) is 19.2 Å². The summed E-state index contributed by atoms with van der Waals surface area (Å²) in [6, 6.07) is 1.81. The molecule has 0 spiro atoms. The van der Waals surface area contributed by atoms with Crippen LogP contribution in [-0.4, -0.2) is 79.3 Å². The number of amides is 3. The SMILES string of the molecule is CC(=O)N1CCN(C(=O)Cn2c3c(c(=O)n4nc(C(C)(C)C)cc24)CN(CC(C)C)C3=O)CC1. The van der Waals surface area contributed by atoms with Crippen molar-refractivity contribution >= 4 is 23.4 Å². The molecule has 10 heteroatoms. The fourth-order valence-electron chi connectivity index (χ4n) is 4.64. The highest BCUT2D eigenvalue weighted by molar-refractivity contribution is 5.97. The van der Waals surface area contributed by atoms with E-state index in [4.69, 9.17) is 0 Å². The van der Waals surface area contributed by atoms with Crippen LogP contribution >= 0.6 is 0 Å². The molecular weight excluding hydrogens is 436 g/mol. The van der Waals surface area contributed by atoms with Gasteiger partial charge in [-0.05, 0) is 5.92 Å². The molecule has 2 aromatic heterocycles. The smallest absolute Gasteiger partial charge is 0.280 e. The lowest BCUT2D eigenvalue weighted by atomic mass is 9.93. The van der Waals surface area contributed by atoms with Gasteiger partial charge in [0.1, 0.15) is 17.9 Å². The molecule has 1 fully saturated rings. The molecule has 184 valence electrons. The predicted octanol–water partition coefficient (Wildman–Crippen LogP) is 1.10. The summed E-state index contributed by atoms with van der Waals surface area (Å²) in [6.07, 6.45) is 0. The third-order valence-corrected chi connectivity index (χ3v) is 6.54. The fraction of sp³-hybridized carbons (Fsp3) is 0.625. The lowest BCUT2D eigenvalue weighted by Crippen LogP contribution is -2.51. The third-order valence-electron chi connectivity index (χ3n) is 6.54. The molecule has 4 rings (SSSR count). The van der Waals surface area contributed by atoms with Crippen LogP contribution in [0.5, 0.6) is 0 Å². The lowest BCUT2D eigenvalue weighted by molar-refractivity contribution is -0.138. The molecule has 0 aromatic carbocycles. The van der Waals surface area contributed by atoms with E-state index >= 15 is 0 Å². The molecule has 0 saturated carbocycles. The normalized spacial score (nSPS) is 16.7. The van der Waals surface area contributed by atoms with Crippen molar-refractivity contribution in [1.82, 2.24) is 28.9 Å². The molecule has 2 aromatic rings. The maximum Gasteiger partial charge on any atom is 0.280 e. The highest BCUT2D eigenvalue weighted by Crippen LogP contribution is 2.26. The van der Waals surface area contributed by atoms with Gasteiger partial charge in [0.2, 0.25) is 11.8 Å². The molecule has 2 aliphatic heterocycles. The van der Waals surface area contributed by atoms with Crippen molar-refractivity contribution in [3.63, 3.8) is 0 Å². The molecule has 0 radical (unpaired) electrons. The maximum atomic E-state index is 13.4. The van der Waals surface area contributed by atoms with Gasteiger partial charge in [-0.25, -0.2) is 0 Å². The Kier molecular flexibility index (Phi) is 6.03. The van der Waals surface area contributed by atoms with E-state index in [1.165, 1.54) is 11.4 Å². The van der Waals surface area contributed by atoms with Gasteiger partial charge in [-0.1, -0.05) is 34.6 Å². The first-order valence-electron chi connectivity index (χ1n) is 11.9. The van der Waals surface area contributed by atoms with Crippen LogP contribution < -0.4 is 5.56 Å². The van der Waals surface area contributed by atoms with Crippen LogP contribution in [0.15, 0.2) is 10.9 Å². The molecule has 0 bridgehead atoms. The van der Waals surface area contributed by atoms with Crippen LogP contribution in [0.1, 0.15) is 63.3 Å². The Morgan fingerprint density at radius 2 is 1.68 bits per heavy atom. The molecule has 0 atom stereocenters. The van der Waals surface area contributed by atoms with Crippen molar-refractivity contribution in [3.05, 3.63) is 33.4 Å². The first kappa shape index (κ1) is 24.0. The Morgan fingerprint density at radius 1 is 1.06 bits per heavy atom. The second kappa shape index (κ2) is 8.56. The summed E-state index contributed by atoms with van der Waals surface area (Å²) in [6.45, 7) is 14.1. The molecule has 10 nitrogen and oxygen atoms in total. The van der Waals surface area contributed by atoms with Crippen molar-refractivity contribution in [2.24, 2.45) is 5.92 Å². The third kappa shape index (κ3) is 4.21. The highest BCUT2D eigenvalue weighted by Gasteiger charge is 2.36. The topological polar surface area (TPSA) is 100 Å². The molecule has 34 heavy (non-hydrogen) atoms. The van der Waals surface area contributed by atoms with E-state index in [-0.39, 0.29) is 53.4 Å². The summed E-state index contributed by atoms with van der Waals surface area (Å²) < 4.78 is 3.01. The van der Waals surface area contributed by atoms with Crippen LogP contribution in [0, 0.1) is 5.92 Å². The zero-order valence-corrected chi connectivity index (χ0v) is 20.9. The van der Waals surface area contributed by atoms with E-state index in [1.54, 1.807) is 25.3 Å². The first-order chi connectivity index (χ1) is 15.9. The van der Waals surface area contributed by atoms with E-state index < -0.39 is 0 Å². The second-order valence-electron chi connectivity index (χ2n) is 10.7. The summed E-state index contributed by atoms with van der Waals surface area (Å²) in [4.78, 5) is 56.8. The molecule has 0 unspecified atom stereocenters. The summed E-state index contributed by atoms with van der Waals surface area (Å²) in [5, 5.41) is 4.57. The van der Waals surface area contributed by atoms with Crippen molar-refractivity contribution in [2.75, 3.05) is 32.7 Å². The number of fused-ring (bicyclic) bond motifs is 2. The molecule has 4 heterocycles. The van der Waals surface area contributed by atoms with Gasteiger partial charge in [0.15, 0.2) is 0 Å².